The molecule has 152 valence electrons. The van der Waals surface area contributed by atoms with Crippen molar-refractivity contribution in [2.45, 2.75) is 10.1 Å². The third-order valence-corrected chi connectivity index (χ3v) is 5.66. The summed E-state index contributed by atoms with van der Waals surface area (Å²) in [5.74, 6) is 6.86. The van der Waals surface area contributed by atoms with Gasteiger partial charge < -0.3 is 15.9 Å². The molecule has 12 heteroatoms. The zero-order chi connectivity index (χ0) is 21.0. The average molecular weight is 435 g/mol. The minimum Gasteiger partial charge on any atom is -0.497 e. The van der Waals surface area contributed by atoms with Crippen molar-refractivity contribution in [2.24, 2.45) is 5.14 Å². The summed E-state index contributed by atoms with van der Waals surface area (Å²) in [5.41, 5.74) is 1.17. The van der Waals surface area contributed by atoms with Crippen molar-refractivity contribution in [3.8, 4) is 17.1 Å². The van der Waals surface area contributed by atoms with Crippen LogP contribution in [-0.4, -0.2) is 42.1 Å². The number of benzene rings is 2. The van der Waals surface area contributed by atoms with Crippen molar-refractivity contribution in [3.63, 3.8) is 0 Å². The lowest BCUT2D eigenvalue weighted by molar-refractivity contribution is -0.113. The fourth-order valence-corrected chi connectivity index (χ4v) is 3.56. The van der Waals surface area contributed by atoms with E-state index in [0.717, 1.165) is 17.3 Å². The number of ether oxygens (including phenoxy) is 1. The number of rotatable bonds is 7. The van der Waals surface area contributed by atoms with Crippen LogP contribution in [0.4, 0.5) is 5.69 Å². The fourth-order valence-electron chi connectivity index (χ4n) is 2.39. The maximum atomic E-state index is 12.1. The van der Waals surface area contributed by atoms with Gasteiger partial charge in [-0.2, -0.15) is 0 Å². The van der Waals surface area contributed by atoms with Crippen molar-refractivity contribution in [2.75, 3.05) is 24.0 Å². The number of hydrogen-bond donors (Lipinski definition) is 3. The second-order valence-electron chi connectivity index (χ2n) is 5.81. The standard InChI is InChI=1S/C17H18N6O4S2/c1-27-13-4-2-3-11(9-13)16-21-22-17(23(16)18)28-10-15(24)20-12-5-7-14(8-6-12)29(19,25)26/h2-9H,10,18H2,1H3,(H,20,24)(H2,19,25,26). The number of nitrogens with two attached hydrogens (primary N) is 2. The fraction of sp³-hybridized carbons (Fsp3) is 0.118. The minimum absolute atomic E-state index is 0.0321. The number of nitrogens with one attached hydrogen (secondary N) is 1. The molecule has 1 aromatic heterocycles. The molecule has 0 saturated carbocycles. The van der Waals surface area contributed by atoms with E-state index < -0.39 is 10.0 Å². The minimum atomic E-state index is -3.78. The molecular formula is C17H18N6O4S2. The summed E-state index contributed by atoms with van der Waals surface area (Å²) in [6.45, 7) is 0. The molecule has 0 spiro atoms. The summed E-state index contributed by atoms with van der Waals surface area (Å²) in [5, 5.41) is 16.1. The van der Waals surface area contributed by atoms with Gasteiger partial charge >= 0.3 is 0 Å². The van der Waals surface area contributed by atoms with Crippen molar-refractivity contribution < 1.29 is 17.9 Å². The van der Waals surface area contributed by atoms with E-state index in [4.69, 9.17) is 15.7 Å². The Hall–Kier alpha value is -3.09. The van der Waals surface area contributed by atoms with E-state index in [9.17, 15) is 13.2 Å². The van der Waals surface area contributed by atoms with Crippen LogP contribution in [0.3, 0.4) is 0 Å². The monoisotopic (exact) mass is 434 g/mol. The number of amides is 1. The lowest BCUT2D eigenvalue weighted by Crippen LogP contribution is -2.17. The number of carbonyl (C=O) groups excluding carboxylic acids is 1. The zero-order valence-electron chi connectivity index (χ0n) is 15.3. The largest absolute Gasteiger partial charge is 0.497 e. The van der Waals surface area contributed by atoms with E-state index in [2.05, 4.69) is 15.5 Å². The number of sulfonamides is 1. The van der Waals surface area contributed by atoms with Crippen molar-refractivity contribution in [3.05, 3.63) is 48.5 Å². The van der Waals surface area contributed by atoms with E-state index in [-0.39, 0.29) is 16.6 Å². The SMILES string of the molecule is COc1cccc(-c2nnc(SCC(=O)Nc3ccc(S(N)(=O)=O)cc3)n2N)c1. The molecule has 1 amide bonds. The van der Waals surface area contributed by atoms with Crippen molar-refractivity contribution in [1.82, 2.24) is 14.9 Å². The van der Waals surface area contributed by atoms with E-state index >= 15 is 0 Å². The van der Waals surface area contributed by atoms with Crippen LogP contribution < -0.4 is 21.0 Å². The Kier molecular flexibility index (Phi) is 6.06. The van der Waals surface area contributed by atoms with Gasteiger partial charge in [0.1, 0.15) is 5.75 Å². The van der Waals surface area contributed by atoms with Crippen LogP contribution in [0.2, 0.25) is 0 Å². The van der Waals surface area contributed by atoms with Crippen LogP contribution in [0.15, 0.2) is 58.6 Å². The third kappa shape index (κ3) is 5.04. The molecule has 10 nitrogen and oxygen atoms in total. The Morgan fingerprint density at radius 2 is 1.93 bits per heavy atom. The molecule has 5 N–H and O–H groups in total. The Morgan fingerprint density at radius 1 is 1.21 bits per heavy atom. The van der Waals surface area contributed by atoms with Gasteiger partial charge in [-0.15, -0.1) is 10.2 Å². The topological polar surface area (TPSA) is 155 Å². The van der Waals surface area contributed by atoms with Gasteiger partial charge in [-0.1, -0.05) is 23.9 Å². The molecule has 3 rings (SSSR count). The number of primary sulfonamides is 1. The van der Waals surface area contributed by atoms with Crippen molar-refractivity contribution >= 4 is 33.4 Å². The van der Waals surface area contributed by atoms with Crippen LogP contribution in [0.25, 0.3) is 11.4 Å². The number of methoxy groups -OCH3 is 1. The lowest BCUT2D eigenvalue weighted by atomic mass is 10.2. The third-order valence-electron chi connectivity index (χ3n) is 3.79. The average Bonchev–Trinajstić information content (AvgIpc) is 3.06. The first-order valence-electron chi connectivity index (χ1n) is 8.18. The lowest BCUT2D eigenvalue weighted by Gasteiger charge is -2.07. The first-order chi connectivity index (χ1) is 13.8. The maximum absolute atomic E-state index is 12.1. The van der Waals surface area contributed by atoms with Gasteiger partial charge in [0.2, 0.25) is 21.1 Å². The molecule has 29 heavy (non-hydrogen) atoms. The number of thioether (sulfide) groups is 1. The molecular weight excluding hydrogens is 416 g/mol. The van der Waals surface area contributed by atoms with Gasteiger partial charge in [0, 0.05) is 11.3 Å². The summed E-state index contributed by atoms with van der Waals surface area (Å²) >= 11 is 1.11. The Bertz CT molecular complexity index is 1130. The predicted molar refractivity (Wildman–Crippen MR) is 109 cm³/mol. The van der Waals surface area contributed by atoms with Crippen LogP contribution in [0, 0.1) is 0 Å². The quantitative estimate of drug-likeness (QED) is 0.368. The van der Waals surface area contributed by atoms with Gasteiger partial charge in [-0.05, 0) is 36.4 Å². The normalized spacial score (nSPS) is 11.2. The summed E-state index contributed by atoms with van der Waals surface area (Å²) in [6, 6.07) is 12.7. The van der Waals surface area contributed by atoms with Crippen LogP contribution in [-0.2, 0) is 14.8 Å². The molecule has 1 heterocycles. The number of nitrogen functional groups attached to an aromatic ring is 1. The number of anilines is 1. The Morgan fingerprint density at radius 3 is 2.59 bits per heavy atom. The molecule has 2 aromatic carbocycles. The molecule has 0 atom stereocenters. The van der Waals surface area contributed by atoms with Gasteiger partial charge in [0.15, 0.2) is 5.82 Å². The molecule has 0 aliphatic carbocycles. The molecule has 0 bridgehead atoms. The molecule has 0 aliphatic rings. The summed E-state index contributed by atoms with van der Waals surface area (Å²) in [4.78, 5) is 12.1. The second-order valence-corrected chi connectivity index (χ2v) is 8.32. The van der Waals surface area contributed by atoms with Gasteiger partial charge in [-0.3, -0.25) is 4.79 Å². The Labute approximate surface area is 171 Å². The molecule has 0 radical (unpaired) electrons. The Balaban J connectivity index is 1.63. The molecule has 0 fully saturated rings. The van der Waals surface area contributed by atoms with E-state index in [1.54, 1.807) is 19.2 Å². The summed E-state index contributed by atoms with van der Waals surface area (Å²) in [6.07, 6.45) is 0. The van der Waals surface area contributed by atoms with E-state index in [1.807, 2.05) is 12.1 Å². The highest BCUT2D eigenvalue weighted by molar-refractivity contribution is 7.99. The highest BCUT2D eigenvalue weighted by Gasteiger charge is 2.15. The highest BCUT2D eigenvalue weighted by Crippen LogP contribution is 2.24. The van der Waals surface area contributed by atoms with Crippen LogP contribution >= 0.6 is 11.8 Å². The smallest absolute Gasteiger partial charge is 0.238 e. The van der Waals surface area contributed by atoms with Gasteiger partial charge in [0.25, 0.3) is 0 Å². The maximum Gasteiger partial charge on any atom is 0.238 e. The van der Waals surface area contributed by atoms with E-state index in [1.165, 1.54) is 28.9 Å². The van der Waals surface area contributed by atoms with Crippen LogP contribution in [0.1, 0.15) is 0 Å². The number of hydrogen-bond acceptors (Lipinski definition) is 8. The molecule has 3 aromatic rings. The first-order valence-corrected chi connectivity index (χ1v) is 10.7. The van der Waals surface area contributed by atoms with Crippen molar-refractivity contribution in [1.29, 1.82) is 0 Å². The first kappa shape index (κ1) is 20.6. The highest BCUT2D eigenvalue weighted by atomic mass is 32.2. The molecule has 0 unspecified atom stereocenters. The molecule has 0 saturated heterocycles. The number of nitrogens with zero attached hydrogens (tertiary/aromatic N) is 3. The summed E-state index contributed by atoms with van der Waals surface area (Å²) in [7, 11) is -2.22. The van der Waals surface area contributed by atoms with E-state index in [0.29, 0.717) is 22.4 Å². The van der Waals surface area contributed by atoms with Crippen LogP contribution in [0.5, 0.6) is 5.75 Å². The predicted octanol–water partition coefficient (Wildman–Crippen LogP) is 1.05. The van der Waals surface area contributed by atoms with Gasteiger partial charge in [-0.25, -0.2) is 18.2 Å². The van der Waals surface area contributed by atoms with Gasteiger partial charge in [0.05, 0.1) is 17.8 Å². The zero-order valence-corrected chi connectivity index (χ0v) is 16.9. The summed E-state index contributed by atoms with van der Waals surface area (Å²) < 4.78 is 29.0. The number of aromatic nitrogens is 3. The second kappa shape index (κ2) is 8.51. The molecule has 0 aliphatic heterocycles. The number of carbonyl (C=O) groups is 1.